The highest BCUT2D eigenvalue weighted by atomic mass is 16.3. The summed E-state index contributed by atoms with van der Waals surface area (Å²) >= 11 is 0. The van der Waals surface area contributed by atoms with Gasteiger partial charge in [0.2, 0.25) is 5.91 Å². The second kappa shape index (κ2) is 10.0. The Hall–Kier alpha value is -3.47. The Kier molecular flexibility index (Phi) is 6.72. The minimum atomic E-state index is -0.00653. The van der Waals surface area contributed by atoms with Gasteiger partial charge in [-0.05, 0) is 54.7 Å². The average Bonchev–Trinajstić information content (AvgIpc) is 2.80. The van der Waals surface area contributed by atoms with Crippen LogP contribution in [0.2, 0.25) is 0 Å². The van der Waals surface area contributed by atoms with Crippen LogP contribution in [0.3, 0.4) is 0 Å². The second-order valence-electron chi connectivity index (χ2n) is 8.04. The molecule has 0 bridgehead atoms. The Morgan fingerprint density at radius 3 is 2.48 bits per heavy atom. The zero-order valence-electron chi connectivity index (χ0n) is 17.5. The SMILES string of the molecule is O=C(CC1CCCCC1)Nc1ncc(-c2ccc(O)cc2)nc1/C=C/c1ccccc1. The van der Waals surface area contributed by atoms with Crippen molar-refractivity contribution in [1.82, 2.24) is 9.97 Å². The fourth-order valence-electron chi connectivity index (χ4n) is 3.96. The van der Waals surface area contributed by atoms with Crippen LogP contribution in [-0.2, 0) is 4.79 Å². The normalized spacial score (nSPS) is 14.6. The molecule has 5 nitrogen and oxygen atoms in total. The molecule has 0 spiro atoms. The third kappa shape index (κ3) is 5.79. The zero-order chi connectivity index (χ0) is 21.5. The average molecular weight is 414 g/mol. The molecule has 4 rings (SSSR count). The van der Waals surface area contributed by atoms with Gasteiger partial charge in [0.05, 0.1) is 11.9 Å². The molecule has 31 heavy (non-hydrogen) atoms. The highest BCUT2D eigenvalue weighted by Gasteiger charge is 2.18. The number of amides is 1. The van der Waals surface area contributed by atoms with Gasteiger partial charge in [0, 0.05) is 12.0 Å². The van der Waals surface area contributed by atoms with Crippen molar-refractivity contribution in [1.29, 1.82) is 0 Å². The molecule has 0 radical (unpaired) electrons. The Balaban J connectivity index is 1.58. The minimum absolute atomic E-state index is 0.00653. The van der Waals surface area contributed by atoms with Gasteiger partial charge in [0.1, 0.15) is 11.4 Å². The fraction of sp³-hybridized carbons (Fsp3) is 0.269. The van der Waals surface area contributed by atoms with E-state index in [4.69, 9.17) is 4.98 Å². The van der Waals surface area contributed by atoms with Crippen molar-refractivity contribution in [3.63, 3.8) is 0 Å². The number of nitrogens with zero attached hydrogens (tertiary/aromatic N) is 2. The first-order valence-electron chi connectivity index (χ1n) is 10.9. The van der Waals surface area contributed by atoms with Crippen LogP contribution in [0.5, 0.6) is 5.75 Å². The number of anilines is 1. The first-order chi connectivity index (χ1) is 15.2. The van der Waals surface area contributed by atoms with Crippen LogP contribution in [0.25, 0.3) is 23.4 Å². The molecule has 1 amide bonds. The highest BCUT2D eigenvalue weighted by Crippen LogP contribution is 2.27. The molecule has 5 heteroatoms. The number of hydrogen-bond acceptors (Lipinski definition) is 4. The highest BCUT2D eigenvalue weighted by molar-refractivity contribution is 5.92. The smallest absolute Gasteiger partial charge is 0.225 e. The first-order valence-corrected chi connectivity index (χ1v) is 10.9. The summed E-state index contributed by atoms with van der Waals surface area (Å²) in [6, 6.07) is 16.8. The Morgan fingerprint density at radius 2 is 1.74 bits per heavy atom. The van der Waals surface area contributed by atoms with E-state index in [2.05, 4.69) is 10.3 Å². The predicted octanol–water partition coefficient (Wildman–Crippen LogP) is 5.93. The van der Waals surface area contributed by atoms with Crippen LogP contribution in [-0.4, -0.2) is 21.0 Å². The van der Waals surface area contributed by atoms with E-state index in [9.17, 15) is 9.90 Å². The van der Waals surface area contributed by atoms with Crippen molar-refractivity contribution in [2.45, 2.75) is 38.5 Å². The van der Waals surface area contributed by atoms with Crippen molar-refractivity contribution in [3.05, 3.63) is 72.1 Å². The zero-order valence-corrected chi connectivity index (χ0v) is 17.5. The minimum Gasteiger partial charge on any atom is -0.508 e. The maximum atomic E-state index is 12.7. The van der Waals surface area contributed by atoms with Crippen molar-refractivity contribution in [2.75, 3.05) is 5.32 Å². The van der Waals surface area contributed by atoms with Crippen molar-refractivity contribution < 1.29 is 9.90 Å². The Morgan fingerprint density at radius 1 is 1.00 bits per heavy atom. The molecule has 0 unspecified atom stereocenters. The number of aromatic hydroxyl groups is 1. The monoisotopic (exact) mass is 413 g/mol. The Bertz CT molecular complexity index is 1040. The van der Waals surface area contributed by atoms with Crippen LogP contribution in [0, 0.1) is 5.92 Å². The number of carbonyl (C=O) groups excluding carboxylic acids is 1. The number of nitrogens with one attached hydrogen (secondary N) is 1. The molecule has 1 saturated carbocycles. The summed E-state index contributed by atoms with van der Waals surface area (Å²) in [5.74, 6) is 1.12. The molecule has 0 aliphatic heterocycles. The van der Waals surface area contributed by atoms with Gasteiger partial charge in [-0.1, -0.05) is 55.7 Å². The van der Waals surface area contributed by atoms with E-state index in [1.165, 1.54) is 19.3 Å². The summed E-state index contributed by atoms with van der Waals surface area (Å²) in [4.78, 5) is 21.9. The van der Waals surface area contributed by atoms with Gasteiger partial charge in [-0.15, -0.1) is 0 Å². The van der Waals surface area contributed by atoms with Crippen LogP contribution >= 0.6 is 0 Å². The number of rotatable bonds is 6. The van der Waals surface area contributed by atoms with Gasteiger partial charge in [-0.2, -0.15) is 0 Å². The maximum absolute atomic E-state index is 12.7. The summed E-state index contributed by atoms with van der Waals surface area (Å²) in [7, 11) is 0. The van der Waals surface area contributed by atoms with Crippen molar-refractivity contribution >= 4 is 23.9 Å². The van der Waals surface area contributed by atoms with E-state index in [0.717, 1.165) is 24.0 Å². The van der Waals surface area contributed by atoms with E-state index in [-0.39, 0.29) is 11.7 Å². The van der Waals surface area contributed by atoms with Gasteiger partial charge in [0.25, 0.3) is 0 Å². The molecule has 1 aliphatic carbocycles. The Labute approximate surface area is 182 Å². The standard InChI is InChI=1S/C26H27N3O2/c30-22-14-12-21(13-15-22)24-18-27-26(29-25(31)17-20-9-5-2-6-10-20)23(28-24)16-11-19-7-3-1-4-8-19/h1,3-4,7-8,11-16,18,20,30H,2,5-6,9-10,17H2,(H,27,29,31)/b16-11+. The predicted molar refractivity (Wildman–Crippen MR) is 124 cm³/mol. The molecule has 0 saturated heterocycles. The van der Waals surface area contributed by atoms with Gasteiger partial charge in [-0.25, -0.2) is 9.97 Å². The summed E-state index contributed by atoms with van der Waals surface area (Å²) in [5, 5.41) is 12.5. The fourth-order valence-corrected chi connectivity index (χ4v) is 3.96. The molecule has 1 aliphatic rings. The lowest BCUT2D eigenvalue weighted by Gasteiger charge is -2.20. The summed E-state index contributed by atoms with van der Waals surface area (Å²) < 4.78 is 0. The van der Waals surface area contributed by atoms with Crippen LogP contribution in [0.15, 0.2) is 60.8 Å². The van der Waals surface area contributed by atoms with E-state index in [1.807, 2.05) is 42.5 Å². The van der Waals surface area contributed by atoms with Gasteiger partial charge in [0.15, 0.2) is 5.82 Å². The van der Waals surface area contributed by atoms with E-state index in [0.29, 0.717) is 29.5 Å². The lowest BCUT2D eigenvalue weighted by Crippen LogP contribution is -2.19. The summed E-state index contributed by atoms with van der Waals surface area (Å²) in [6.07, 6.45) is 12.0. The maximum Gasteiger partial charge on any atom is 0.225 e. The van der Waals surface area contributed by atoms with E-state index >= 15 is 0 Å². The molecular formula is C26H27N3O2. The molecule has 1 fully saturated rings. The lowest BCUT2D eigenvalue weighted by atomic mass is 9.87. The van der Waals surface area contributed by atoms with Crippen LogP contribution in [0.4, 0.5) is 5.82 Å². The largest absolute Gasteiger partial charge is 0.508 e. The first kappa shape index (κ1) is 20.8. The molecule has 1 aromatic heterocycles. The number of hydrogen-bond donors (Lipinski definition) is 2. The molecule has 1 heterocycles. The third-order valence-electron chi connectivity index (χ3n) is 5.65. The van der Waals surface area contributed by atoms with Crippen LogP contribution < -0.4 is 5.32 Å². The molecular weight excluding hydrogens is 386 g/mol. The molecule has 2 aromatic carbocycles. The van der Waals surface area contributed by atoms with Crippen molar-refractivity contribution in [2.24, 2.45) is 5.92 Å². The quantitative estimate of drug-likeness (QED) is 0.525. The molecule has 158 valence electrons. The van der Waals surface area contributed by atoms with Gasteiger partial charge < -0.3 is 10.4 Å². The van der Waals surface area contributed by atoms with Gasteiger partial charge in [-0.3, -0.25) is 4.79 Å². The van der Waals surface area contributed by atoms with E-state index in [1.54, 1.807) is 30.5 Å². The van der Waals surface area contributed by atoms with E-state index < -0.39 is 0 Å². The van der Waals surface area contributed by atoms with Crippen molar-refractivity contribution in [3.8, 4) is 17.0 Å². The third-order valence-corrected chi connectivity index (χ3v) is 5.65. The number of benzene rings is 2. The summed E-state index contributed by atoms with van der Waals surface area (Å²) in [5.41, 5.74) is 3.17. The number of carbonyl (C=O) groups is 1. The number of phenolic OH excluding ortho intramolecular Hbond substituents is 1. The number of aromatic nitrogens is 2. The van der Waals surface area contributed by atoms with Crippen LogP contribution in [0.1, 0.15) is 49.8 Å². The molecule has 0 atom stereocenters. The topological polar surface area (TPSA) is 75.1 Å². The lowest BCUT2D eigenvalue weighted by molar-refractivity contribution is -0.117. The number of phenols is 1. The summed E-state index contributed by atoms with van der Waals surface area (Å²) in [6.45, 7) is 0. The van der Waals surface area contributed by atoms with Gasteiger partial charge >= 0.3 is 0 Å². The molecule has 2 N–H and O–H groups in total. The second-order valence-corrected chi connectivity index (χ2v) is 8.04. The molecule has 3 aromatic rings.